The summed E-state index contributed by atoms with van der Waals surface area (Å²) in [6.07, 6.45) is 3.97. The highest BCUT2D eigenvalue weighted by Crippen LogP contribution is 2.08. The minimum atomic E-state index is -0.392. The summed E-state index contributed by atoms with van der Waals surface area (Å²) in [4.78, 5) is 16.1. The summed E-state index contributed by atoms with van der Waals surface area (Å²) < 4.78 is 15.1. The zero-order valence-corrected chi connectivity index (χ0v) is 16.4. The second kappa shape index (κ2) is 11.5. The number of carbonyl (C=O) groups excluding carboxylic acids is 1. The van der Waals surface area contributed by atoms with Crippen LogP contribution >= 0.6 is 24.0 Å². The number of aliphatic imine (C=N–C) groups is 1. The van der Waals surface area contributed by atoms with E-state index < -0.39 is 5.82 Å². The van der Waals surface area contributed by atoms with Gasteiger partial charge in [0.05, 0.1) is 0 Å². The van der Waals surface area contributed by atoms with Gasteiger partial charge in [0.1, 0.15) is 12.4 Å². The average Bonchev–Trinajstić information content (AvgIpc) is 3.06. The van der Waals surface area contributed by atoms with Crippen LogP contribution in [0.15, 0.2) is 53.8 Å². The molecule has 25 heavy (non-hydrogen) atoms. The van der Waals surface area contributed by atoms with Gasteiger partial charge in [-0.05, 0) is 37.3 Å². The third-order valence-corrected chi connectivity index (χ3v) is 3.16. The third kappa shape index (κ3) is 8.01. The molecule has 0 saturated heterocycles. The third-order valence-electron chi connectivity index (χ3n) is 3.16. The van der Waals surface area contributed by atoms with Gasteiger partial charge in [0.25, 0.3) is 0 Å². The molecule has 0 fully saturated rings. The van der Waals surface area contributed by atoms with E-state index in [1.54, 1.807) is 12.1 Å². The van der Waals surface area contributed by atoms with E-state index in [0.717, 1.165) is 6.54 Å². The Hall–Kier alpha value is -2.10. The van der Waals surface area contributed by atoms with Crippen LogP contribution in [-0.4, -0.2) is 36.1 Å². The molecule has 2 aromatic rings. The lowest BCUT2D eigenvalue weighted by atomic mass is 10.3. The largest absolute Gasteiger partial charge is 0.357 e. The van der Waals surface area contributed by atoms with Gasteiger partial charge in [0.15, 0.2) is 5.96 Å². The Labute approximate surface area is 163 Å². The van der Waals surface area contributed by atoms with E-state index in [2.05, 4.69) is 20.9 Å². The van der Waals surface area contributed by atoms with Crippen LogP contribution in [0.1, 0.15) is 6.92 Å². The Morgan fingerprint density at radius 3 is 2.64 bits per heavy atom. The molecule has 0 saturated carbocycles. The summed E-state index contributed by atoms with van der Waals surface area (Å²) in [7, 11) is 0. The zero-order chi connectivity index (χ0) is 17.2. The van der Waals surface area contributed by atoms with Crippen molar-refractivity contribution in [2.75, 3.05) is 25.0 Å². The van der Waals surface area contributed by atoms with Gasteiger partial charge in [-0.3, -0.25) is 4.79 Å². The van der Waals surface area contributed by atoms with Crippen LogP contribution in [0.3, 0.4) is 0 Å². The SMILES string of the molecule is CCNC(=NCC(=O)Nc1cccc(F)c1)NCCn1cccc1.I. The Morgan fingerprint density at radius 2 is 1.96 bits per heavy atom. The van der Waals surface area contributed by atoms with Gasteiger partial charge in [-0.2, -0.15) is 0 Å². The van der Waals surface area contributed by atoms with E-state index >= 15 is 0 Å². The molecular formula is C17H23FIN5O. The molecule has 136 valence electrons. The number of carbonyl (C=O) groups is 1. The van der Waals surface area contributed by atoms with Gasteiger partial charge in [0.2, 0.25) is 5.91 Å². The Bertz CT molecular complexity index is 675. The Balaban J connectivity index is 0.00000312. The summed E-state index contributed by atoms with van der Waals surface area (Å²) in [5, 5.41) is 8.86. The quantitative estimate of drug-likeness (QED) is 0.339. The van der Waals surface area contributed by atoms with Crippen molar-refractivity contribution in [2.45, 2.75) is 13.5 Å². The molecule has 1 aromatic carbocycles. The van der Waals surface area contributed by atoms with Crippen LogP contribution < -0.4 is 16.0 Å². The molecule has 0 spiro atoms. The number of benzene rings is 1. The maximum absolute atomic E-state index is 13.1. The lowest BCUT2D eigenvalue weighted by Crippen LogP contribution is -2.39. The van der Waals surface area contributed by atoms with Crippen molar-refractivity contribution in [1.82, 2.24) is 15.2 Å². The number of amides is 1. The average molecular weight is 459 g/mol. The van der Waals surface area contributed by atoms with E-state index in [4.69, 9.17) is 0 Å². The van der Waals surface area contributed by atoms with Crippen molar-refractivity contribution >= 4 is 41.5 Å². The normalized spacial score (nSPS) is 10.7. The van der Waals surface area contributed by atoms with E-state index in [1.807, 2.05) is 36.0 Å². The molecule has 0 aliphatic heterocycles. The zero-order valence-electron chi connectivity index (χ0n) is 14.0. The fourth-order valence-electron chi connectivity index (χ4n) is 2.08. The van der Waals surface area contributed by atoms with Crippen LogP contribution in [0.4, 0.5) is 10.1 Å². The number of guanidine groups is 1. The van der Waals surface area contributed by atoms with E-state index in [-0.39, 0.29) is 36.4 Å². The molecular weight excluding hydrogens is 436 g/mol. The number of hydrogen-bond donors (Lipinski definition) is 3. The molecule has 6 nitrogen and oxygen atoms in total. The molecule has 0 bridgehead atoms. The van der Waals surface area contributed by atoms with Gasteiger partial charge in [-0.15, -0.1) is 24.0 Å². The first-order valence-corrected chi connectivity index (χ1v) is 7.85. The van der Waals surface area contributed by atoms with Crippen molar-refractivity contribution in [3.8, 4) is 0 Å². The van der Waals surface area contributed by atoms with Crippen LogP contribution in [0.2, 0.25) is 0 Å². The summed E-state index contributed by atoms with van der Waals surface area (Å²) in [5.41, 5.74) is 0.417. The lowest BCUT2D eigenvalue weighted by molar-refractivity contribution is -0.114. The molecule has 1 aromatic heterocycles. The van der Waals surface area contributed by atoms with Gasteiger partial charge < -0.3 is 20.5 Å². The lowest BCUT2D eigenvalue weighted by Gasteiger charge is -2.11. The minimum Gasteiger partial charge on any atom is -0.357 e. The molecule has 1 heterocycles. The van der Waals surface area contributed by atoms with Crippen LogP contribution in [0, 0.1) is 5.82 Å². The van der Waals surface area contributed by atoms with Gasteiger partial charge in [-0.1, -0.05) is 6.07 Å². The molecule has 0 radical (unpaired) electrons. The monoisotopic (exact) mass is 459 g/mol. The topological polar surface area (TPSA) is 70.4 Å². The predicted octanol–water partition coefficient (Wildman–Crippen LogP) is 2.44. The second-order valence-corrected chi connectivity index (χ2v) is 5.10. The number of hydrogen-bond acceptors (Lipinski definition) is 2. The Kier molecular flexibility index (Phi) is 9.60. The summed E-state index contributed by atoms with van der Waals surface area (Å²) in [6.45, 7) is 4.09. The van der Waals surface area contributed by atoms with E-state index in [9.17, 15) is 9.18 Å². The molecule has 2 rings (SSSR count). The van der Waals surface area contributed by atoms with Gasteiger partial charge >= 0.3 is 0 Å². The van der Waals surface area contributed by atoms with Crippen LogP contribution in [0.25, 0.3) is 0 Å². The van der Waals surface area contributed by atoms with Gasteiger partial charge in [-0.25, -0.2) is 9.38 Å². The highest BCUT2D eigenvalue weighted by atomic mass is 127. The summed E-state index contributed by atoms with van der Waals surface area (Å²) in [5.74, 6) is -0.126. The van der Waals surface area contributed by atoms with E-state index in [1.165, 1.54) is 12.1 Å². The number of halogens is 2. The van der Waals surface area contributed by atoms with Crippen molar-refractivity contribution in [3.63, 3.8) is 0 Å². The van der Waals surface area contributed by atoms with Crippen LogP contribution in [-0.2, 0) is 11.3 Å². The molecule has 3 N–H and O–H groups in total. The molecule has 0 aliphatic rings. The van der Waals surface area contributed by atoms with Crippen molar-refractivity contribution in [2.24, 2.45) is 4.99 Å². The second-order valence-electron chi connectivity index (χ2n) is 5.10. The van der Waals surface area contributed by atoms with Crippen molar-refractivity contribution in [1.29, 1.82) is 0 Å². The van der Waals surface area contributed by atoms with Crippen LogP contribution in [0.5, 0.6) is 0 Å². The summed E-state index contributed by atoms with van der Waals surface area (Å²) >= 11 is 0. The first kappa shape index (κ1) is 20.9. The van der Waals surface area contributed by atoms with Gasteiger partial charge in [0, 0.05) is 37.7 Å². The standard InChI is InChI=1S/C17H22FN5O.HI/c1-2-19-17(20-8-11-23-9-3-4-10-23)21-13-16(24)22-15-7-5-6-14(18)12-15;/h3-7,9-10,12H,2,8,11,13H2,1H3,(H,22,24)(H2,19,20,21);1H. The molecule has 0 aliphatic carbocycles. The fraction of sp³-hybridized carbons (Fsp3) is 0.294. The maximum Gasteiger partial charge on any atom is 0.246 e. The first-order chi connectivity index (χ1) is 11.7. The number of rotatable bonds is 7. The number of nitrogens with zero attached hydrogens (tertiary/aromatic N) is 2. The predicted molar refractivity (Wildman–Crippen MR) is 109 cm³/mol. The fourth-order valence-corrected chi connectivity index (χ4v) is 2.08. The first-order valence-electron chi connectivity index (χ1n) is 7.85. The smallest absolute Gasteiger partial charge is 0.246 e. The highest BCUT2D eigenvalue weighted by Gasteiger charge is 2.04. The maximum atomic E-state index is 13.1. The molecule has 1 amide bonds. The molecule has 8 heteroatoms. The molecule has 0 unspecified atom stereocenters. The van der Waals surface area contributed by atoms with E-state index in [0.29, 0.717) is 24.7 Å². The number of anilines is 1. The highest BCUT2D eigenvalue weighted by molar-refractivity contribution is 14.0. The molecule has 0 atom stereocenters. The number of aromatic nitrogens is 1. The summed E-state index contributed by atoms with van der Waals surface area (Å²) in [6, 6.07) is 9.70. The van der Waals surface area contributed by atoms with Crippen molar-refractivity contribution < 1.29 is 9.18 Å². The minimum absolute atomic E-state index is 0. The number of nitrogens with one attached hydrogen (secondary N) is 3. The van der Waals surface area contributed by atoms with Crippen molar-refractivity contribution in [3.05, 3.63) is 54.6 Å². The Morgan fingerprint density at radius 1 is 1.20 bits per heavy atom.